The Hall–Kier alpha value is -0.500. The maximum atomic E-state index is 4.81. The Morgan fingerprint density at radius 1 is 1.67 bits per heavy atom. The van der Waals surface area contributed by atoms with E-state index in [-0.39, 0.29) is 6.10 Å². The fourth-order valence-electron chi connectivity index (χ4n) is 0.395. The highest BCUT2D eigenvalue weighted by Gasteiger charge is 2.08. The molecule has 53 valence electrons. The maximum absolute atomic E-state index is 4.81. The van der Waals surface area contributed by atoms with Gasteiger partial charge in [-0.05, 0) is 19.4 Å². The molecule has 1 aliphatic rings. The third kappa shape index (κ3) is 2.51. The van der Waals surface area contributed by atoms with Crippen LogP contribution in [0.15, 0.2) is 11.8 Å². The molecule has 1 N–H and O–H groups in total. The van der Waals surface area contributed by atoms with Gasteiger partial charge in [-0.1, -0.05) is 13.8 Å². The number of hydroxylamine groups is 1. The first-order chi connectivity index (χ1) is 4.30. The van der Waals surface area contributed by atoms with Crippen molar-refractivity contribution in [3.8, 4) is 0 Å². The highest BCUT2D eigenvalue weighted by molar-refractivity contribution is 5.07. The first-order valence-electron chi connectivity index (χ1n) is 3.21. The van der Waals surface area contributed by atoms with Gasteiger partial charge in [-0.3, -0.25) is 10.3 Å². The third-order valence-electron chi connectivity index (χ3n) is 1.00. The normalized spacial score (nSPS) is 23.6. The molecule has 0 aromatic heterocycles. The van der Waals surface area contributed by atoms with E-state index < -0.39 is 0 Å². The molecular formula is C7H14NO. The van der Waals surface area contributed by atoms with E-state index in [2.05, 4.69) is 12.4 Å². The molecule has 1 radical (unpaired) electrons. The first-order valence-corrected chi connectivity index (χ1v) is 3.21. The van der Waals surface area contributed by atoms with Crippen LogP contribution in [0.3, 0.4) is 0 Å². The Morgan fingerprint density at radius 3 is 2.33 bits per heavy atom. The summed E-state index contributed by atoms with van der Waals surface area (Å²) in [4.78, 5) is 4.81. The molecule has 1 unspecified atom stereocenters. The van der Waals surface area contributed by atoms with E-state index in [1.165, 1.54) is 0 Å². The van der Waals surface area contributed by atoms with Gasteiger partial charge in [0.25, 0.3) is 0 Å². The minimum atomic E-state index is 0.0139. The van der Waals surface area contributed by atoms with Crippen LogP contribution in [0.25, 0.3) is 0 Å². The van der Waals surface area contributed by atoms with Crippen LogP contribution >= 0.6 is 0 Å². The molecule has 0 aromatic rings. The Labute approximate surface area is 56.9 Å². The van der Waals surface area contributed by atoms with Gasteiger partial charge in [0.05, 0.1) is 0 Å². The van der Waals surface area contributed by atoms with E-state index >= 15 is 0 Å². The highest BCUT2D eigenvalue weighted by Crippen LogP contribution is 2.06. The zero-order valence-electron chi connectivity index (χ0n) is 6.27. The van der Waals surface area contributed by atoms with E-state index in [1.807, 2.05) is 20.8 Å². The lowest BCUT2D eigenvalue weighted by Gasteiger charge is -1.98. The molecule has 2 nitrogen and oxygen atoms in total. The van der Waals surface area contributed by atoms with Gasteiger partial charge in [-0.15, -0.1) is 0 Å². The van der Waals surface area contributed by atoms with E-state index in [0.717, 1.165) is 5.57 Å². The van der Waals surface area contributed by atoms with Gasteiger partial charge >= 0.3 is 0 Å². The molecule has 2 heteroatoms. The molecule has 0 amide bonds. The summed E-state index contributed by atoms with van der Waals surface area (Å²) in [6, 6.07) is 0. The molecule has 9 heavy (non-hydrogen) atoms. The number of rotatable bonds is 0. The van der Waals surface area contributed by atoms with Crippen LogP contribution in [0.2, 0.25) is 0 Å². The lowest BCUT2D eigenvalue weighted by Crippen LogP contribution is -2.07. The zero-order valence-corrected chi connectivity index (χ0v) is 6.27. The largest absolute Gasteiger partial charge is 0.274 e. The molecule has 1 aliphatic heterocycles. The van der Waals surface area contributed by atoms with Crippen molar-refractivity contribution in [2.24, 2.45) is 0 Å². The van der Waals surface area contributed by atoms with E-state index in [0.29, 0.717) is 0 Å². The summed E-state index contributed by atoms with van der Waals surface area (Å²) in [7, 11) is 0. The predicted octanol–water partition coefficient (Wildman–Crippen LogP) is 1.65. The highest BCUT2D eigenvalue weighted by atomic mass is 16.7. The van der Waals surface area contributed by atoms with Crippen LogP contribution in [0.5, 0.6) is 0 Å². The molecule has 0 saturated heterocycles. The van der Waals surface area contributed by atoms with Gasteiger partial charge < -0.3 is 0 Å². The minimum Gasteiger partial charge on any atom is -0.274 e. The van der Waals surface area contributed by atoms with Crippen molar-refractivity contribution in [2.45, 2.75) is 26.9 Å². The molecule has 1 heterocycles. The first kappa shape index (κ1) is 8.50. The van der Waals surface area contributed by atoms with E-state index in [1.54, 1.807) is 6.20 Å². The van der Waals surface area contributed by atoms with Crippen molar-refractivity contribution in [1.29, 1.82) is 0 Å². The molecule has 0 fully saturated rings. The van der Waals surface area contributed by atoms with Crippen molar-refractivity contribution in [3.63, 3.8) is 0 Å². The van der Waals surface area contributed by atoms with Crippen molar-refractivity contribution in [3.05, 3.63) is 18.7 Å². The van der Waals surface area contributed by atoms with Crippen LogP contribution in [0.1, 0.15) is 20.8 Å². The molecule has 0 bridgehead atoms. The number of hydrogen-bond donors (Lipinski definition) is 1. The molecule has 0 saturated carbocycles. The summed E-state index contributed by atoms with van der Waals surface area (Å²) in [5.74, 6) is 0. The SMILES string of the molecule is CC.[CH2]C1ONC=C1C. The Balaban J connectivity index is 0.000000291. The standard InChI is InChI=1S/C5H8NO.C2H6/c1-4-3-6-7-5(4)2;1-2/h3,5-6H,2H2,1H3;1-2H3. The van der Waals surface area contributed by atoms with Gasteiger partial charge in [0, 0.05) is 6.20 Å². The minimum absolute atomic E-state index is 0.0139. The average molecular weight is 128 g/mol. The fourth-order valence-corrected chi connectivity index (χ4v) is 0.395. The van der Waals surface area contributed by atoms with Crippen LogP contribution < -0.4 is 5.48 Å². The summed E-state index contributed by atoms with van der Waals surface area (Å²) in [6.07, 6.45) is 1.82. The van der Waals surface area contributed by atoms with Gasteiger partial charge in [-0.25, -0.2) is 0 Å². The van der Waals surface area contributed by atoms with Crippen LogP contribution in [-0.4, -0.2) is 6.10 Å². The van der Waals surface area contributed by atoms with Gasteiger partial charge in [0.1, 0.15) is 6.10 Å². The van der Waals surface area contributed by atoms with Crippen LogP contribution in [0.4, 0.5) is 0 Å². The van der Waals surface area contributed by atoms with Crippen LogP contribution in [-0.2, 0) is 4.84 Å². The Morgan fingerprint density at radius 2 is 2.22 bits per heavy atom. The summed E-state index contributed by atoms with van der Waals surface area (Å²) >= 11 is 0. The monoisotopic (exact) mass is 128 g/mol. The summed E-state index contributed by atoms with van der Waals surface area (Å²) in [5.41, 5.74) is 3.74. The van der Waals surface area contributed by atoms with Crippen molar-refractivity contribution >= 4 is 0 Å². The molecule has 1 rings (SSSR count). The third-order valence-corrected chi connectivity index (χ3v) is 1.00. The van der Waals surface area contributed by atoms with Gasteiger partial charge in [0.2, 0.25) is 0 Å². The predicted molar refractivity (Wildman–Crippen MR) is 38.5 cm³/mol. The molecular weight excluding hydrogens is 114 g/mol. The summed E-state index contributed by atoms with van der Waals surface area (Å²) < 4.78 is 0. The maximum Gasteiger partial charge on any atom is 0.108 e. The zero-order chi connectivity index (χ0) is 7.28. The van der Waals surface area contributed by atoms with Gasteiger partial charge in [0.15, 0.2) is 0 Å². The average Bonchev–Trinajstić information content (AvgIpc) is 2.23. The Kier molecular flexibility index (Phi) is 4.14. The van der Waals surface area contributed by atoms with E-state index in [4.69, 9.17) is 4.84 Å². The smallest absolute Gasteiger partial charge is 0.108 e. The second-order valence-electron chi connectivity index (χ2n) is 1.61. The molecule has 0 aliphatic carbocycles. The summed E-state index contributed by atoms with van der Waals surface area (Å²) in [6.45, 7) is 9.64. The van der Waals surface area contributed by atoms with Crippen LogP contribution in [0, 0.1) is 6.92 Å². The van der Waals surface area contributed by atoms with E-state index in [9.17, 15) is 0 Å². The second-order valence-corrected chi connectivity index (χ2v) is 1.61. The number of nitrogens with one attached hydrogen (secondary N) is 1. The molecule has 0 aromatic carbocycles. The fraction of sp³-hybridized carbons (Fsp3) is 0.571. The lowest BCUT2D eigenvalue weighted by molar-refractivity contribution is 0.0686. The molecule has 1 atom stereocenters. The summed E-state index contributed by atoms with van der Waals surface area (Å²) in [5, 5.41) is 0. The Bertz CT molecular complexity index is 99.1. The van der Waals surface area contributed by atoms with Crippen molar-refractivity contribution < 1.29 is 4.84 Å². The quantitative estimate of drug-likeness (QED) is 0.535. The molecule has 0 spiro atoms. The lowest BCUT2D eigenvalue weighted by atomic mass is 10.2. The van der Waals surface area contributed by atoms with Gasteiger partial charge in [-0.2, -0.15) is 0 Å². The van der Waals surface area contributed by atoms with Crippen molar-refractivity contribution in [1.82, 2.24) is 5.48 Å². The second kappa shape index (κ2) is 4.39. The number of hydrogen-bond acceptors (Lipinski definition) is 2. The van der Waals surface area contributed by atoms with Crippen molar-refractivity contribution in [2.75, 3.05) is 0 Å². The topological polar surface area (TPSA) is 21.3 Å².